The molecule has 0 bridgehead atoms. The first-order chi connectivity index (χ1) is 14.2. The summed E-state index contributed by atoms with van der Waals surface area (Å²) in [5, 5.41) is 3.63. The van der Waals surface area contributed by atoms with Crippen LogP contribution in [0.15, 0.2) is 67.1 Å². The minimum Gasteiger partial charge on any atom is -0.496 e. The molecule has 0 unspecified atom stereocenters. The van der Waals surface area contributed by atoms with E-state index in [4.69, 9.17) is 16.3 Å². The molecule has 0 spiro atoms. The summed E-state index contributed by atoms with van der Waals surface area (Å²) in [5.41, 5.74) is 3.29. The molecule has 146 valence electrons. The van der Waals surface area contributed by atoms with E-state index in [0.717, 1.165) is 16.6 Å². The van der Waals surface area contributed by atoms with Gasteiger partial charge in [-0.2, -0.15) is 0 Å². The van der Waals surface area contributed by atoms with Crippen LogP contribution in [0.1, 0.15) is 16.2 Å². The van der Waals surface area contributed by atoms with Gasteiger partial charge in [0.1, 0.15) is 11.4 Å². The summed E-state index contributed by atoms with van der Waals surface area (Å²) in [4.78, 5) is 21.6. The number of aromatic nitrogens is 3. The highest BCUT2D eigenvalue weighted by Gasteiger charge is 2.20. The fourth-order valence-electron chi connectivity index (χ4n) is 3.19. The molecule has 2 heterocycles. The maximum absolute atomic E-state index is 12.8. The van der Waals surface area contributed by atoms with Gasteiger partial charge in [-0.1, -0.05) is 35.9 Å². The van der Waals surface area contributed by atoms with Gasteiger partial charge in [0, 0.05) is 29.5 Å². The monoisotopic (exact) mass is 406 g/mol. The fraction of sp³-hybridized carbons (Fsp3) is 0.136. The summed E-state index contributed by atoms with van der Waals surface area (Å²) in [6.07, 6.45) is 5.76. The number of carbonyl (C=O) groups is 1. The summed E-state index contributed by atoms with van der Waals surface area (Å²) in [7, 11) is 1.61. The van der Waals surface area contributed by atoms with Crippen LogP contribution in [-0.2, 0) is 6.42 Å². The highest BCUT2D eigenvalue weighted by molar-refractivity contribution is 6.30. The van der Waals surface area contributed by atoms with Crippen LogP contribution in [0, 0.1) is 0 Å². The normalized spacial score (nSPS) is 10.8. The molecule has 0 fully saturated rings. The van der Waals surface area contributed by atoms with Gasteiger partial charge in [-0.3, -0.25) is 14.2 Å². The van der Waals surface area contributed by atoms with Crippen LogP contribution in [-0.4, -0.2) is 33.9 Å². The Morgan fingerprint density at radius 3 is 2.76 bits per heavy atom. The largest absolute Gasteiger partial charge is 0.496 e. The van der Waals surface area contributed by atoms with E-state index in [2.05, 4.69) is 15.3 Å². The number of nitrogens with zero attached hydrogens (tertiary/aromatic N) is 3. The molecule has 0 atom stereocenters. The number of hydrogen-bond acceptors (Lipinski definition) is 4. The molecule has 1 N–H and O–H groups in total. The number of benzene rings is 2. The number of para-hydroxylation sites is 1. The lowest BCUT2D eigenvalue weighted by Crippen LogP contribution is -2.27. The number of amides is 1. The van der Waals surface area contributed by atoms with Gasteiger partial charge >= 0.3 is 0 Å². The molecule has 4 rings (SSSR count). The van der Waals surface area contributed by atoms with Gasteiger partial charge in [0.05, 0.1) is 18.8 Å². The lowest BCUT2D eigenvalue weighted by molar-refractivity contribution is 0.0943. The van der Waals surface area contributed by atoms with Gasteiger partial charge in [-0.15, -0.1) is 0 Å². The van der Waals surface area contributed by atoms with E-state index in [1.807, 2.05) is 48.5 Å². The standard InChI is InChI=1S/C22H19ClN4O2/c1-29-19-5-3-2-4-17(19)20-18-14-24-12-13-27(18)21(26-20)22(28)25-11-10-15-6-8-16(23)9-7-15/h2-9,12-14H,10-11H2,1H3,(H,25,28). The zero-order chi connectivity index (χ0) is 20.2. The third kappa shape index (κ3) is 3.93. The Hall–Kier alpha value is -3.38. The second kappa shape index (κ2) is 8.32. The summed E-state index contributed by atoms with van der Waals surface area (Å²) >= 11 is 5.91. The minimum absolute atomic E-state index is 0.249. The summed E-state index contributed by atoms with van der Waals surface area (Å²) in [6, 6.07) is 15.2. The maximum Gasteiger partial charge on any atom is 0.287 e. The molecule has 0 aliphatic rings. The fourth-order valence-corrected chi connectivity index (χ4v) is 3.31. The molecule has 0 saturated heterocycles. The third-order valence-corrected chi connectivity index (χ3v) is 4.88. The number of carbonyl (C=O) groups excluding carboxylic acids is 1. The molecule has 4 aromatic rings. The third-order valence-electron chi connectivity index (χ3n) is 4.62. The lowest BCUT2D eigenvalue weighted by Gasteiger charge is -2.05. The second-order valence-electron chi connectivity index (χ2n) is 6.45. The van der Waals surface area contributed by atoms with Gasteiger partial charge in [0.2, 0.25) is 5.82 Å². The van der Waals surface area contributed by atoms with Crippen molar-refractivity contribution in [1.29, 1.82) is 0 Å². The van der Waals surface area contributed by atoms with Crippen LogP contribution in [0.4, 0.5) is 0 Å². The predicted octanol–water partition coefficient (Wildman–Crippen LogP) is 4.03. The van der Waals surface area contributed by atoms with Crippen LogP contribution >= 0.6 is 11.6 Å². The van der Waals surface area contributed by atoms with Gasteiger partial charge in [-0.05, 0) is 36.2 Å². The molecule has 29 heavy (non-hydrogen) atoms. The zero-order valence-electron chi connectivity index (χ0n) is 15.8. The van der Waals surface area contributed by atoms with Crippen LogP contribution in [0.2, 0.25) is 5.02 Å². The molecule has 0 saturated carbocycles. The topological polar surface area (TPSA) is 68.5 Å². The van der Waals surface area contributed by atoms with Crippen molar-refractivity contribution in [2.45, 2.75) is 6.42 Å². The Morgan fingerprint density at radius 1 is 1.17 bits per heavy atom. The number of fused-ring (bicyclic) bond motifs is 1. The molecule has 0 radical (unpaired) electrons. The van der Waals surface area contributed by atoms with Gasteiger partial charge in [0.15, 0.2) is 0 Å². The Balaban J connectivity index is 1.60. The molecular formula is C22H19ClN4O2. The highest BCUT2D eigenvalue weighted by Crippen LogP contribution is 2.32. The zero-order valence-corrected chi connectivity index (χ0v) is 16.6. The molecule has 7 heteroatoms. The minimum atomic E-state index is -0.249. The number of halogens is 1. The van der Waals surface area contributed by atoms with Crippen molar-refractivity contribution in [3.05, 3.63) is 83.5 Å². The quantitative estimate of drug-likeness (QED) is 0.525. The van der Waals surface area contributed by atoms with E-state index < -0.39 is 0 Å². The first kappa shape index (κ1) is 19.0. The molecule has 0 aliphatic carbocycles. The smallest absolute Gasteiger partial charge is 0.287 e. The maximum atomic E-state index is 12.8. The van der Waals surface area contributed by atoms with Crippen LogP contribution in [0.5, 0.6) is 5.75 Å². The number of ether oxygens (including phenoxy) is 1. The van der Waals surface area contributed by atoms with Crippen molar-refractivity contribution in [2.75, 3.05) is 13.7 Å². The molecule has 1 amide bonds. The second-order valence-corrected chi connectivity index (χ2v) is 6.88. The Kier molecular flexibility index (Phi) is 5.44. The van der Waals surface area contributed by atoms with Crippen molar-refractivity contribution in [3.63, 3.8) is 0 Å². The summed E-state index contributed by atoms with van der Waals surface area (Å²) in [5.74, 6) is 0.742. The van der Waals surface area contributed by atoms with Crippen molar-refractivity contribution in [2.24, 2.45) is 0 Å². The van der Waals surface area contributed by atoms with E-state index >= 15 is 0 Å². The summed E-state index contributed by atoms with van der Waals surface area (Å²) < 4.78 is 7.20. The summed E-state index contributed by atoms with van der Waals surface area (Å²) in [6.45, 7) is 0.491. The van der Waals surface area contributed by atoms with E-state index in [-0.39, 0.29) is 5.91 Å². The van der Waals surface area contributed by atoms with Gasteiger partial charge in [-0.25, -0.2) is 4.98 Å². The first-order valence-corrected chi connectivity index (χ1v) is 9.53. The number of rotatable bonds is 6. The molecule has 2 aromatic heterocycles. The molecule has 2 aromatic carbocycles. The van der Waals surface area contributed by atoms with E-state index in [1.54, 1.807) is 30.1 Å². The average molecular weight is 407 g/mol. The molecule has 0 aliphatic heterocycles. The Labute approximate surface area is 173 Å². The Morgan fingerprint density at radius 2 is 1.97 bits per heavy atom. The van der Waals surface area contributed by atoms with Crippen LogP contribution < -0.4 is 10.1 Å². The van der Waals surface area contributed by atoms with Crippen molar-refractivity contribution in [3.8, 4) is 17.0 Å². The lowest BCUT2D eigenvalue weighted by atomic mass is 10.1. The van der Waals surface area contributed by atoms with Gasteiger partial charge < -0.3 is 10.1 Å². The highest BCUT2D eigenvalue weighted by atomic mass is 35.5. The number of hydrogen-bond donors (Lipinski definition) is 1. The van der Waals surface area contributed by atoms with Gasteiger partial charge in [0.25, 0.3) is 5.91 Å². The van der Waals surface area contributed by atoms with E-state index in [0.29, 0.717) is 35.3 Å². The Bertz CT molecular complexity index is 1160. The van der Waals surface area contributed by atoms with Crippen molar-refractivity contribution < 1.29 is 9.53 Å². The average Bonchev–Trinajstić information content (AvgIpc) is 3.15. The van der Waals surface area contributed by atoms with Crippen molar-refractivity contribution >= 4 is 23.0 Å². The molecular weight excluding hydrogens is 388 g/mol. The number of imidazole rings is 1. The number of nitrogens with one attached hydrogen (secondary N) is 1. The first-order valence-electron chi connectivity index (χ1n) is 9.15. The van der Waals surface area contributed by atoms with Crippen molar-refractivity contribution in [1.82, 2.24) is 19.7 Å². The van der Waals surface area contributed by atoms with Crippen LogP contribution in [0.3, 0.4) is 0 Å². The SMILES string of the molecule is COc1ccccc1-c1nc(C(=O)NCCc2ccc(Cl)cc2)n2ccncc12. The van der Waals surface area contributed by atoms with E-state index in [9.17, 15) is 4.79 Å². The predicted molar refractivity (Wildman–Crippen MR) is 112 cm³/mol. The molecule has 6 nitrogen and oxygen atoms in total. The van der Waals surface area contributed by atoms with E-state index in [1.165, 1.54) is 0 Å². The van der Waals surface area contributed by atoms with Crippen LogP contribution in [0.25, 0.3) is 16.8 Å². The number of methoxy groups -OCH3 is 1.